The van der Waals surface area contributed by atoms with E-state index in [0.29, 0.717) is 29.9 Å². The molecule has 184 valence electrons. The van der Waals surface area contributed by atoms with E-state index in [4.69, 9.17) is 0 Å². The summed E-state index contributed by atoms with van der Waals surface area (Å²) in [5, 5.41) is 0. The first-order valence-electron chi connectivity index (χ1n) is 13.0. The normalized spacial score (nSPS) is 23.6. The van der Waals surface area contributed by atoms with E-state index in [9.17, 15) is 8.78 Å². The van der Waals surface area contributed by atoms with Gasteiger partial charge in [0, 0.05) is 5.56 Å². The highest BCUT2D eigenvalue weighted by Gasteiger charge is 2.36. The van der Waals surface area contributed by atoms with Crippen LogP contribution in [0, 0.1) is 47.0 Å². The number of hydrogen-bond donors (Lipinski definition) is 0. The molecule has 35 heavy (non-hydrogen) atoms. The minimum absolute atomic E-state index is 0.0173. The van der Waals surface area contributed by atoms with E-state index in [-0.39, 0.29) is 17.3 Å². The predicted octanol–water partition coefficient (Wildman–Crippen LogP) is 8.89. The van der Waals surface area contributed by atoms with Crippen LogP contribution in [0.2, 0.25) is 0 Å². The first-order chi connectivity index (χ1) is 17.0. The third-order valence-corrected chi connectivity index (χ3v) is 8.06. The van der Waals surface area contributed by atoms with Gasteiger partial charge < -0.3 is 0 Å². The van der Waals surface area contributed by atoms with Crippen LogP contribution in [0.15, 0.2) is 55.6 Å². The molecule has 0 saturated heterocycles. The molecule has 0 bridgehead atoms. The minimum Gasteiger partial charge on any atom is -0.207 e. The molecule has 2 aromatic carbocycles. The summed E-state index contributed by atoms with van der Waals surface area (Å²) in [6, 6.07) is 8.12. The van der Waals surface area contributed by atoms with Gasteiger partial charge in [-0.05, 0) is 111 Å². The van der Waals surface area contributed by atoms with Gasteiger partial charge in [0.15, 0.2) is 11.6 Å². The zero-order valence-corrected chi connectivity index (χ0v) is 20.5. The fourth-order valence-electron chi connectivity index (χ4n) is 6.10. The molecule has 0 nitrogen and oxygen atoms in total. The molecule has 2 fully saturated rings. The lowest BCUT2D eigenvalue weighted by Gasteiger charge is -2.42. The van der Waals surface area contributed by atoms with Crippen molar-refractivity contribution in [2.45, 2.75) is 70.1 Å². The fourth-order valence-corrected chi connectivity index (χ4v) is 6.10. The number of fused-ring (bicyclic) bond motifs is 1. The smallest absolute Gasteiger partial charge is 0.174 e. The van der Waals surface area contributed by atoms with Gasteiger partial charge in [0.1, 0.15) is 5.82 Å². The van der Waals surface area contributed by atoms with Gasteiger partial charge >= 0.3 is 0 Å². The van der Waals surface area contributed by atoms with Crippen LogP contribution in [0.25, 0.3) is 0 Å². The Morgan fingerprint density at radius 2 is 1.60 bits per heavy atom. The lowest BCUT2D eigenvalue weighted by Crippen LogP contribution is -2.30. The second-order valence-electron chi connectivity index (χ2n) is 10.3. The molecule has 0 aliphatic heterocycles. The summed E-state index contributed by atoms with van der Waals surface area (Å²) in [6.45, 7) is 7.46. The number of allylic oxidation sites excluding steroid dienone is 2. The molecule has 3 heteroatoms. The van der Waals surface area contributed by atoms with Gasteiger partial charge in [-0.3, -0.25) is 0 Å². The average Bonchev–Trinajstić information content (AvgIpc) is 2.87. The van der Waals surface area contributed by atoms with Gasteiger partial charge in [-0.25, -0.2) is 13.2 Å². The largest absolute Gasteiger partial charge is 0.207 e. The Bertz CT molecular complexity index is 1120. The van der Waals surface area contributed by atoms with Crippen LogP contribution in [0.3, 0.4) is 0 Å². The van der Waals surface area contributed by atoms with Gasteiger partial charge in [-0.15, -0.1) is 13.2 Å². The molecule has 0 spiro atoms. The van der Waals surface area contributed by atoms with Crippen LogP contribution in [0.1, 0.15) is 86.0 Å². The highest BCUT2D eigenvalue weighted by molar-refractivity contribution is 5.46. The topological polar surface area (TPSA) is 0 Å². The van der Waals surface area contributed by atoms with E-state index in [1.807, 2.05) is 12.1 Å². The Balaban J connectivity index is 1.42. The van der Waals surface area contributed by atoms with Crippen LogP contribution < -0.4 is 0 Å². The summed E-state index contributed by atoms with van der Waals surface area (Å²) in [5.41, 5.74) is 1.53. The van der Waals surface area contributed by atoms with Gasteiger partial charge in [0.05, 0.1) is 5.56 Å². The standard InChI is InChI=1S/C32H35F3/c1-3-5-7-22-10-13-27-21-28(17-16-26(27)19-22)29-18-11-23(20-30(29)33)9-12-25-15-14-24(8-6-4-2)31(34)32(25)35/h3-4,11,14-15,18,20,22,26-28H,1-2,5-8,10,13,16-17,19,21H2. The molecule has 2 saturated carbocycles. The summed E-state index contributed by atoms with van der Waals surface area (Å²) >= 11 is 0. The molecule has 4 unspecified atom stereocenters. The van der Waals surface area contributed by atoms with Crippen molar-refractivity contribution in [3.05, 3.63) is 95.3 Å². The van der Waals surface area contributed by atoms with Crippen molar-refractivity contribution in [1.29, 1.82) is 0 Å². The van der Waals surface area contributed by atoms with Crippen LogP contribution in [0.5, 0.6) is 0 Å². The van der Waals surface area contributed by atoms with Crippen LogP contribution >= 0.6 is 0 Å². The van der Waals surface area contributed by atoms with Crippen LogP contribution in [0.4, 0.5) is 13.2 Å². The molecule has 2 aliphatic carbocycles. The third-order valence-electron chi connectivity index (χ3n) is 8.06. The predicted molar refractivity (Wildman–Crippen MR) is 138 cm³/mol. The molecule has 0 aromatic heterocycles. The highest BCUT2D eigenvalue weighted by atomic mass is 19.2. The summed E-state index contributed by atoms with van der Waals surface area (Å²) in [7, 11) is 0. The van der Waals surface area contributed by atoms with Crippen molar-refractivity contribution >= 4 is 0 Å². The van der Waals surface area contributed by atoms with E-state index in [2.05, 4.69) is 25.0 Å². The SMILES string of the molecule is C=CCCc1ccc(C#Cc2ccc(C3CCC4CC(CCC=C)CCC4C3)c(F)c2)c(F)c1F. The summed E-state index contributed by atoms with van der Waals surface area (Å²) in [6.07, 6.45) is 14.1. The van der Waals surface area contributed by atoms with Crippen LogP contribution in [-0.4, -0.2) is 0 Å². The maximum absolute atomic E-state index is 15.1. The quantitative estimate of drug-likeness (QED) is 0.276. The Morgan fingerprint density at radius 1 is 0.829 bits per heavy atom. The Hall–Kier alpha value is -2.73. The molecule has 0 heterocycles. The Labute approximate surface area is 208 Å². The van der Waals surface area contributed by atoms with E-state index >= 15 is 4.39 Å². The number of hydrogen-bond acceptors (Lipinski definition) is 0. The van der Waals surface area contributed by atoms with E-state index in [1.54, 1.807) is 18.2 Å². The highest BCUT2D eigenvalue weighted by Crippen LogP contribution is 2.48. The zero-order valence-electron chi connectivity index (χ0n) is 20.5. The second-order valence-corrected chi connectivity index (χ2v) is 10.3. The van der Waals surface area contributed by atoms with Crippen molar-refractivity contribution in [2.75, 3.05) is 0 Å². The molecule has 2 aliphatic rings. The molecule has 4 rings (SSSR count). The van der Waals surface area contributed by atoms with Gasteiger partial charge in [-0.1, -0.05) is 42.5 Å². The lowest BCUT2D eigenvalue weighted by molar-refractivity contribution is 0.114. The second kappa shape index (κ2) is 11.8. The van der Waals surface area contributed by atoms with Gasteiger partial charge in [0.2, 0.25) is 0 Å². The van der Waals surface area contributed by atoms with Crippen molar-refractivity contribution in [1.82, 2.24) is 0 Å². The molecule has 2 aromatic rings. The van der Waals surface area contributed by atoms with Crippen LogP contribution in [-0.2, 0) is 6.42 Å². The molecular formula is C32H35F3. The number of rotatable bonds is 7. The minimum atomic E-state index is -0.952. The lowest BCUT2D eigenvalue weighted by atomic mass is 9.63. The molecule has 0 radical (unpaired) electrons. The monoisotopic (exact) mass is 476 g/mol. The van der Waals surface area contributed by atoms with Gasteiger partial charge in [0.25, 0.3) is 0 Å². The number of benzene rings is 2. The maximum atomic E-state index is 15.1. The first-order valence-corrected chi connectivity index (χ1v) is 13.0. The summed E-state index contributed by atoms with van der Waals surface area (Å²) < 4.78 is 43.8. The molecular weight excluding hydrogens is 441 g/mol. The summed E-state index contributed by atoms with van der Waals surface area (Å²) in [5.74, 6) is 5.96. The average molecular weight is 477 g/mol. The van der Waals surface area contributed by atoms with Crippen molar-refractivity contribution in [2.24, 2.45) is 17.8 Å². The Morgan fingerprint density at radius 3 is 2.37 bits per heavy atom. The number of aryl methyl sites for hydroxylation is 1. The van der Waals surface area contributed by atoms with E-state index in [1.165, 1.54) is 44.2 Å². The van der Waals surface area contributed by atoms with Crippen molar-refractivity contribution in [3.63, 3.8) is 0 Å². The van der Waals surface area contributed by atoms with Gasteiger partial charge in [-0.2, -0.15) is 0 Å². The number of halogens is 3. The maximum Gasteiger partial charge on any atom is 0.174 e. The molecule has 0 N–H and O–H groups in total. The van der Waals surface area contributed by atoms with E-state index < -0.39 is 11.6 Å². The summed E-state index contributed by atoms with van der Waals surface area (Å²) in [4.78, 5) is 0. The van der Waals surface area contributed by atoms with E-state index in [0.717, 1.165) is 36.7 Å². The Kier molecular flexibility index (Phi) is 8.55. The molecule has 0 amide bonds. The van der Waals surface area contributed by atoms with Crippen molar-refractivity contribution in [3.8, 4) is 11.8 Å². The fraction of sp³-hybridized carbons (Fsp3) is 0.438. The molecule has 4 atom stereocenters. The zero-order chi connectivity index (χ0) is 24.8. The van der Waals surface area contributed by atoms with Crippen molar-refractivity contribution < 1.29 is 13.2 Å². The third kappa shape index (κ3) is 6.10. The first kappa shape index (κ1) is 25.4.